The molecule has 0 radical (unpaired) electrons. The molecule has 11 nitrogen and oxygen atoms in total. The zero-order valence-electron chi connectivity index (χ0n) is 50.8. The summed E-state index contributed by atoms with van der Waals surface area (Å²) in [7, 11) is 0. The minimum Gasteiger partial charge on any atom is -0.454 e. The molecule has 11 heteroatoms. The number of ether oxygens (including phenoxy) is 3. The summed E-state index contributed by atoms with van der Waals surface area (Å²) in [5.41, 5.74) is 0. The number of hydrogen-bond acceptors (Lipinski definition) is 10. The van der Waals surface area contributed by atoms with Gasteiger partial charge in [0.2, 0.25) is 5.91 Å². The lowest BCUT2D eigenvalue weighted by Gasteiger charge is -2.41. The van der Waals surface area contributed by atoms with Crippen molar-refractivity contribution in [2.45, 2.75) is 365 Å². The van der Waals surface area contributed by atoms with Gasteiger partial charge in [0.25, 0.3) is 0 Å². The van der Waals surface area contributed by atoms with Gasteiger partial charge in [0.15, 0.2) is 12.4 Å². The maximum atomic E-state index is 13.4. The Kier molecular flexibility index (Phi) is 52.5. The first-order chi connectivity index (χ1) is 38.2. The zero-order chi connectivity index (χ0) is 56.8. The predicted molar refractivity (Wildman–Crippen MR) is 324 cm³/mol. The van der Waals surface area contributed by atoms with E-state index in [1.807, 2.05) is 6.08 Å². The van der Waals surface area contributed by atoms with Gasteiger partial charge >= 0.3 is 5.97 Å². The molecule has 1 rings (SSSR count). The second-order valence-electron chi connectivity index (χ2n) is 23.2. The molecular weight excluding hydrogens is 979 g/mol. The van der Waals surface area contributed by atoms with Crippen LogP contribution in [0.2, 0.25) is 0 Å². The lowest BCUT2D eigenvalue weighted by atomic mass is 9.99. The van der Waals surface area contributed by atoms with Crippen LogP contribution in [0.4, 0.5) is 0 Å². The van der Waals surface area contributed by atoms with E-state index in [1.54, 1.807) is 6.08 Å². The van der Waals surface area contributed by atoms with Crippen LogP contribution in [0.3, 0.4) is 0 Å². The number of unbranched alkanes of at least 4 members (excludes halogenated alkanes) is 39. The predicted octanol–water partition coefficient (Wildman–Crippen LogP) is 16.2. The number of aliphatic hydroxyl groups is 5. The van der Waals surface area contributed by atoms with E-state index >= 15 is 0 Å². The molecule has 458 valence electrons. The number of allylic oxidation sites excluding steroid dienone is 5. The molecule has 6 N–H and O–H groups in total. The molecule has 1 saturated heterocycles. The summed E-state index contributed by atoms with van der Waals surface area (Å²) in [4.78, 5) is 26.6. The number of amides is 1. The smallest absolute Gasteiger partial charge is 0.306 e. The summed E-state index contributed by atoms with van der Waals surface area (Å²) >= 11 is 0. The molecule has 0 aromatic carbocycles. The largest absolute Gasteiger partial charge is 0.454 e. The van der Waals surface area contributed by atoms with Gasteiger partial charge in [-0.1, -0.05) is 288 Å². The Hall–Kier alpha value is -2.12. The Morgan fingerprint density at radius 1 is 0.500 bits per heavy atom. The summed E-state index contributed by atoms with van der Waals surface area (Å²) < 4.78 is 17.7. The highest BCUT2D eigenvalue weighted by Crippen LogP contribution is 2.26. The van der Waals surface area contributed by atoms with Crippen molar-refractivity contribution in [1.29, 1.82) is 0 Å². The van der Waals surface area contributed by atoms with E-state index in [0.717, 1.165) is 70.6 Å². The van der Waals surface area contributed by atoms with Crippen molar-refractivity contribution in [3.63, 3.8) is 0 Å². The highest BCUT2D eigenvalue weighted by molar-refractivity contribution is 5.80. The number of hydrogen-bond donors (Lipinski definition) is 6. The van der Waals surface area contributed by atoms with Crippen molar-refractivity contribution in [1.82, 2.24) is 5.32 Å². The molecule has 1 aliphatic rings. The molecule has 8 unspecified atom stereocenters. The molecule has 1 fully saturated rings. The number of rotatable bonds is 57. The van der Waals surface area contributed by atoms with Crippen molar-refractivity contribution >= 4 is 11.9 Å². The third-order valence-electron chi connectivity index (χ3n) is 15.8. The van der Waals surface area contributed by atoms with Crippen LogP contribution in [-0.4, -0.2) is 99.6 Å². The van der Waals surface area contributed by atoms with Crippen molar-refractivity contribution in [2.24, 2.45) is 0 Å². The fraction of sp³-hybridized carbons (Fsp3) is 0.881. The number of esters is 1. The Bertz CT molecular complexity index is 1410. The van der Waals surface area contributed by atoms with E-state index in [9.17, 15) is 35.1 Å². The van der Waals surface area contributed by atoms with Gasteiger partial charge in [-0.15, -0.1) is 0 Å². The van der Waals surface area contributed by atoms with Gasteiger partial charge < -0.3 is 45.1 Å². The number of carbonyl (C=O) groups is 2. The lowest BCUT2D eigenvalue weighted by molar-refractivity contribution is -0.305. The van der Waals surface area contributed by atoms with Gasteiger partial charge in [-0.2, -0.15) is 0 Å². The van der Waals surface area contributed by atoms with Gasteiger partial charge in [-0.3, -0.25) is 9.59 Å². The van der Waals surface area contributed by atoms with Gasteiger partial charge in [0, 0.05) is 6.42 Å². The van der Waals surface area contributed by atoms with E-state index in [1.165, 1.54) is 199 Å². The molecule has 8 atom stereocenters. The normalized spacial score (nSPS) is 19.1. The van der Waals surface area contributed by atoms with E-state index < -0.39 is 67.4 Å². The minimum absolute atomic E-state index is 0.128. The molecule has 1 aliphatic heterocycles. The van der Waals surface area contributed by atoms with Crippen LogP contribution in [0.1, 0.15) is 316 Å². The van der Waals surface area contributed by atoms with Gasteiger partial charge in [0.1, 0.15) is 24.4 Å². The Morgan fingerprint density at radius 3 is 1.33 bits per heavy atom. The Balaban J connectivity index is 2.63. The van der Waals surface area contributed by atoms with Crippen LogP contribution < -0.4 is 5.32 Å². The van der Waals surface area contributed by atoms with Gasteiger partial charge in [-0.05, 0) is 57.8 Å². The first-order valence-electron chi connectivity index (χ1n) is 33.3. The quantitative estimate of drug-likeness (QED) is 0.0195. The second-order valence-corrected chi connectivity index (χ2v) is 23.2. The van der Waals surface area contributed by atoms with Crippen LogP contribution in [0, 0.1) is 0 Å². The van der Waals surface area contributed by atoms with Gasteiger partial charge in [0.05, 0.1) is 25.4 Å². The van der Waals surface area contributed by atoms with Crippen molar-refractivity contribution in [2.75, 3.05) is 13.2 Å². The Morgan fingerprint density at radius 2 is 0.885 bits per heavy atom. The standard InChI is InChI=1S/C67H125NO10/c1-4-7-10-13-16-19-22-25-27-29-31-33-35-37-40-43-46-49-52-55-62(72)78-65-64(74)63(73)61(56-69)77-67(65)76-57-58(59(70)53-50-47-44-41-38-24-21-18-15-12-9-6-3)68-66(75)60(71)54-51-48-45-42-39-36-34-32-30-28-26-23-20-17-14-11-8-5-2/h17,20,26,28,50,53,58-61,63-65,67,69-71,73-74H,4-16,18-19,21-25,27,29-49,51-52,54-57H2,1-3H3,(H,68,75)/b20-17-,28-26-,53-50+. The summed E-state index contributed by atoms with van der Waals surface area (Å²) in [5.74, 6) is -1.19. The maximum absolute atomic E-state index is 13.4. The minimum atomic E-state index is -1.61. The topological polar surface area (TPSA) is 175 Å². The summed E-state index contributed by atoms with van der Waals surface area (Å²) in [6.45, 7) is 5.80. The highest BCUT2D eigenvalue weighted by atomic mass is 16.7. The number of nitrogens with one attached hydrogen (secondary N) is 1. The third-order valence-corrected chi connectivity index (χ3v) is 15.8. The summed E-state index contributed by atoms with van der Waals surface area (Å²) in [5, 5.41) is 57.1. The summed E-state index contributed by atoms with van der Waals surface area (Å²) in [6.07, 6.45) is 56.1. The second kappa shape index (κ2) is 55.4. The molecular formula is C67H125NO10. The fourth-order valence-electron chi connectivity index (χ4n) is 10.5. The monoisotopic (exact) mass is 1100 g/mol. The molecule has 0 saturated carbocycles. The number of aliphatic hydroxyl groups excluding tert-OH is 5. The third kappa shape index (κ3) is 42.7. The highest BCUT2D eigenvalue weighted by Gasteiger charge is 2.47. The van der Waals surface area contributed by atoms with E-state index in [0.29, 0.717) is 12.8 Å². The summed E-state index contributed by atoms with van der Waals surface area (Å²) in [6, 6.07) is -1.02. The van der Waals surface area contributed by atoms with E-state index in [4.69, 9.17) is 14.2 Å². The average Bonchev–Trinajstić information content (AvgIpc) is 3.44. The lowest BCUT2D eigenvalue weighted by Crippen LogP contribution is -2.61. The van der Waals surface area contributed by atoms with Crippen molar-refractivity contribution in [3.05, 3.63) is 36.5 Å². The SMILES string of the molecule is CCCCC/C=C\C/C=C\CCCCCCCCCCC(O)C(=O)NC(COC1OC(CO)C(O)C(O)C1OC(=O)CCCCCCCCCCCCCCCCCCCCC)C(O)/C=C/CCCCCCCCCCCC. The molecule has 0 aromatic heterocycles. The first kappa shape index (κ1) is 73.9. The van der Waals surface area contributed by atoms with Crippen LogP contribution in [0.15, 0.2) is 36.5 Å². The van der Waals surface area contributed by atoms with Gasteiger partial charge in [-0.25, -0.2) is 0 Å². The molecule has 0 bridgehead atoms. The first-order valence-corrected chi connectivity index (χ1v) is 33.3. The van der Waals surface area contributed by atoms with E-state index in [2.05, 4.69) is 50.4 Å². The number of carbonyl (C=O) groups excluding carboxylic acids is 2. The van der Waals surface area contributed by atoms with Crippen molar-refractivity contribution in [3.8, 4) is 0 Å². The van der Waals surface area contributed by atoms with Crippen LogP contribution in [-0.2, 0) is 23.8 Å². The van der Waals surface area contributed by atoms with Crippen LogP contribution in [0.5, 0.6) is 0 Å². The molecule has 0 aliphatic carbocycles. The van der Waals surface area contributed by atoms with Crippen LogP contribution >= 0.6 is 0 Å². The zero-order valence-corrected chi connectivity index (χ0v) is 50.8. The van der Waals surface area contributed by atoms with Crippen molar-refractivity contribution < 1.29 is 49.3 Å². The fourth-order valence-corrected chi connectivity index (χ4v) is 10.5. The molecule has 78 heavy (non-hydrogen) atoms. The molecule has 0 spiro atoms. The average molecular weight is 1100 g/mol. The Labute approximate surface area is 479 Å². The maximum Gasteiger partial charge on any atom is 0.306 e. The molecule has 0 aromatic rings. The molecule has 1 amide bonds. The van der Waals surface area contributed by atoms with E-state index in [-0.39, 0.29) is 19.4 Å². The van der Waals surface area contributed by atoms with Crippen LogP contribution in [0.25, 0.3) is 0 Å². The molecule has 1 heterocycles.